The SMILES string of the molecule is O=C(N/N=C/c1ccc(Cl)cc1Cl)C(=O)Nc1nnc(-c2ccccc2)s1. The first-order valence-electron chi connectivity index (χ1n) is 7.51. The summed E-state index contributed by atoms with van der Waals surface area (Å²) in [5.74, 6) is -1.86. The van der Waals surface area contributed by atoms with Gasteiger partial charge in [0, 0.05) is 16.1 Å². The molecule has 136 valence electrons. The van der Waals surface area contributed by atoms with Crippen LogP contribution in [0.2, 0.25) is 10.0 Å². The largest absolute Gasteiger partial charge is 0.329 e. The predicted molar refractivity (Wildman–Crippen MR) is 106 cm³/mol. The van der Waals surface area contributed by atoms with E-state index < -0.39 is 11.8 Å². The van der Waals surface area contributed by atoms with Gasteiger partial charge in [-0.1, -0.05) is 70.9 Å². The fourth-order valence-electron chi connectivity index (χ4n) is 1.94. The Morgan fingerprint density at radius 1 is 1.04 bits per heavy atom. The van der Waals surface area contributed by atoms with E-state index in [1.165, 1.54) is 6.21 Å². The van der Waals surface area contributed by atoms with Crippen LogP contribution < -0.4 is 10.7 Å². The predicted octanol–water partition coefficient (Wildman–Crippen LogP) is 3.60. The second-order valence-corrected chi connectivity index (χ2v) is 6.92. The molecule has 0 aliphatic heterocycles. The Bertz CT molecular complexity index is 1010. The average molecular weight is 420 g/mol. The number of halogens is 2. The van der Waals surface area contributed by atoms with Crippen LogP contribution in [0.3, 0.4) is 0 Å². The van der Waals surface area contributed by atoms with Crippen LogP contribution in [-0.4, -0.2) is 28.2 Å². The highest BCUT2D eigenvalue weighted by Gasteiger charge is 2.16. The third-order valence-electron chi connectivity index (χ3n) is 3.20. The number of anilines is 1. The van der Waals surface area contributed by atoms with Crippen LogP contribution >= 0.6 is 34.5 Å². The molecule has 2 amide bonds. The summed E-state index contributed by atoms with van der Waals surface area (Å²) in [5.41, 5.74) is 3.52. The van der Waals surface area contributed by atoms with Gasteiger partial charge in [0.15, 0.2) is 0 Å². The van der Waals surface area contributed by atoms with Crippen LogP contribution in [0.25, 0.3) is 10.6 Å². The highest BCUT2D eigenvalue weighted by molar-refractivity contribution is 7.18. The molecule has 0 radical (unpaired) electrons. The Labute approximate surface area is 168 Å². The molecule has 0 aliphatic carbocycles. The summed E-state index contributed by atoms with van der Waals surface area (Å²) in [6.45, 7) is 0. The molecule has 2 aromatic carbocycles. The van der Waals surface area contributed by atoms with Gasteiger partial charge in [0.2, 0.25) is 5.13 Å². The Kier molecular flexibility index (Phi) is 6.12. The summed E-state index contributed by atoms with van der Waals surface area (Å²) in [6.07, 6.45) is 1.31. The van der Waals surface area contributed by atoms with Crippen molar-refractivity contribution < 1.29 is 9.59 Å². The zero-order chi connectivity index (χ0) is 19.2. The first-order valence-corrected chi connectivity index (χ1v) is 9.08. The number of carbonyl (C=O) groups excluding carboxylic acids is 2. The minimum absolute atomic E-state index is 0.207. The van der Waals surface area contributed by atoms with Gasteiger partial charge in [-0.2, -0.15) is 5.10 Å². The molecular weight excluding hydrogens is 409 g/mol. The van der Waals surface area contributed by atoms with Crippen molar-refractivity contribution in [3.05, 3.63) is 64.1 Å². The van der Waals surface area contributed by atoms with E-state index >= 15 is 0 Å². The lowest BCUT2D eigenvalue weighted by atomic mass is 10.2. The topological polar surface area (TPSA) is 96.3 Å². The number of aromatic nitrogens is 2. The molecule has 0 aliphatic rings. The summed E-state index contributed by atoms with van der Waals surface area (Å²) >= 11 is 12.9. The Morgan fingerprint density at radius 2 is 1.81 bits per heavy atom. The van der Waals surface area contributed by atoms with Crippen molar-refractivity contribution in [1.82, 2.24) is 15.6 Å². The maximum atomic E-state index is 11.9. The van der Waals surface area contributed by atoms with Crippen molar-refractivity contribution in [2.24, 2.45) is 5.10 Å². The highest BCUT2D eigenvalue weighted by atomic mass is 35.5. The number of hydrogen-bond acceptors (Lipinski definition) is 6. The van der Waals surface area contributed by atoms with Gasteiger partial charge in [0.25, 0.3) is 0 Å². The molecule has 0 spiro atoms. The van der Waals surface area contributed by atoms with Crippen molar-refractivity contribution in [3.8, 4) is 10.6 Å². The van der Waals surface area contributed by atoms with Gasteiger partial charge in [0.1, 0.15) is 5.01 Å². The lowest BCUT2D eigenvalue weighted by molar-refractivity contribution is -0.136. The summed E-state index contributed by atoms with van der Waals surface area (Å²) in [5, 5.41) is 15.6. The van der Waals surface area contributed by atoms with Gasteiger partial charge in [0.05, 0.1) is 11.2 Å². The van der Waals surface area contributed by atoms with Crippen molar-refractivity contribution in [2.45, 2.75) is 0 Å². The van der Waals surface area contributed by atoms with Crippen molar-refractivity contribution in [3.63, 3.8) is 0 Å². The van der Waals surface area contributed by atoms with Crippen LogP contribution in [-0.2, 0) is 9.59 Å². The van der Waals surface area contributed by atoms with E-state index in [-0.39, 0.29) is 5.13 Å². The zero-order valence-electron chi connectivity index (χ0n) is 13.5. The third kappa shape index (κ3) is 5.10. The molecule has 1 aromatic heterocycles. The molecular formula is C17H11Cl2N5O2S. The van der Waals surface area contributed by atoms with E-state index in [0.717, 1.165) is 16.9 Å². The van der Waals surface area contributed by atoms with Gasteiger partial charge in [-0.15, -0.1) is 10.2 Å². The van der Waals surface area contributed by atoms with Gasteiger partial charge >= 0.3 is 11.8 Å². The maximum Gasteiger partial charge on any atom is 0.329 e. The zero-order valence-corrected chi connectivity index (χ0v) is 15.8. The van der Waals surface area contributed by atoms with E-state index in [9.17, 15) is 9.59 Å². The minimum Gasteiger partial charge on any atom is -0.292 e. The summed E-state index contributed by atoms with van der Waals surface area (Å²) in [6, 6.07) is 14.2. The average Bonchev–Trinajstić information content (AvgIpc) is 3.12. The van der Waals surface area contributed by atoms with Crippen LogP contribution in [0.15, 0.2) is 53.6 Å². The van der Waals surface area contributed by atoms with Gasteiger partial charge < -0.3 is 0 Å². The Morgan fingerprint density at radius 3 is 2.56 bits per heavy atom. The Balaban J connectivity index is 1.57. The quantitative estimate of drug-likeness (QED) is 0.383. The number of hydrazone groups is 1. The van der Waals surface area contributed by atoms with E-state index in [1.54, 1.807) is 18.2 Å². The highest BCUT2D eigenvalue weighted by Crippen LogP contribution is 2.25. The first-order chi connectivity index (χ1) is 13.0. The standard InChI is InChI=1S/C17H11Cl2N5O2S/c18-12-7-6-11(13(19)8-12)9-20-22-15(26)14(25)21-17-24-23-16(27-17)10-4-2-1-3-5-10/h1-9H,(H,22,26)(H,21,24,25)/b20-9+. The van der Waals surface area contributed by atoms with E-state index in [0.29, 0.717) is 20.6 Å². The normalized spacial score (nSPS) is 10.7. The molecule has 0 bridgehead atoms. The molecule has 0 atom stereocenters. The van der Waals surface area contributed by atoms with Crippen LogP contribution in [0.4, 0.5) is 5.13 Å². The summed E-state index contributed by atoms with van der Waals surface area (Å²) in [7, 11) is 0. The molecule has 0 saturated heterocycles. The molecule has 0 fully saturated rings. The Hall–Kier alpha value is -2.81. The second kappa shape index (κ2) is 8.72. The molecule has 7 nitrogen and oxygen atoms in total. The van der Waals surface area contributed by atoms with Gasteiger partial charge in [-0.25, -0.2) is 5.43 Å². The molecule has 27 heavy (non-hydrogen) atoms. The van der Waals surface area contributed by atoms with Crippen molar-refractivity contribution >= 4 is 57.7 Å². The smallest absolute Gasteiger partial charge is 0.292 e. The minimum atomic E-state index is -0.951. The lowest BCUT2D eigenvalue weighted by Gasteiger charge is -2.00. The fraction of sp³-hybridized carbons (Fsp3) is 0. The van der Waals surface area contributed by atoms with Gasteiger partial charge in [-0.05, 0) is 12.1 Å². The fourth-order valence-corrected chi connectivity index (χ4v) is 3.14. The van der Waals surface area contributed by atoms with Crippen LogP contribution in [0.1, 0.15) is 5.56 Å². The number of hydrogen-bond donors (Lipinski definition) is 2. The van der Waals surface area contributed by atoms with Crippen molar-refractivity contribution in [2.75, 3.05) is 5.32 Å². The van der Waals surface area contributed by atoms with Crippen LogP contribution in [0, 0.1) is 0 Å². The first kappa shape index (κ1) is 19.0. The van der Waals surface area contributed by atoms with E-state index in [2.05, 4.69) is 26.0 Å². The number of benzene rings is 2. The number of nitrogens with one attached hydrogen (secondary N) is 2. The molecule has 0 saturated carbocycles. The summed E-state index contributed by atoms with van der Waals surface area (Å²) in [4.78, 5) is 23.7. The van der Waals surface area contributed by atoms with E-state index in [4.69, 9.17) is 23.2 Å². The lowest BCUT2D eigenvalue weighted by Crippen LogP contribution is -2.32. The molecule has 2 N–H and O–H groups in total. The summed E-state index contributed by atoms with van der Waals surface area (Å²) < 4.78 is 0. The van der Waals surface area contributed by atoms with Crippen LogP contribution in [0.5, 0.6) is 0 Å². The number of nitrogens with zero attached hydrogens (tertiary/aromatic N) is 3. The van der Waals surface area contributed by atoms with Gasteiger partial charge in [-0.3, -0.25) is 14.9 Å². The molecule has 3 aromatic rings. The maximum absolute atomic E-state index is 11.9. The van der Waals surface area contributed by atoms with Crippen molar-refractivity contribution in [1.29, 1.82) is 0 Å². The monoisotopic (exact) mass is 419 g/mol. The number of carbonyl (C=O) groups is 2. The number of rotatable bonds is 4. The second-order valence-electron chi connectivity index (χ2n) is 5.10. The molecule has 0 unspecified atom stereocenters. The van der Waals surface area contributed by atoms with E-state index in [1.807, 2.05) is 30.3 Å². The third-order valence-corrected chi connectivity index (χ3v) is 4.65. The molecule has 3 rings (SSSR count). The number of amides is 2. The molecule has 1 heterocycles. The molecule has 10 heteroatoms.